The number of rotatable bonds is 7. The zero-order valence-electron chi connectivity index (χ0n) is 23.0. The average Bonchev–Trinajstić information content (AvgIpc) is 3.26. The van der Waals surface area contributed by atoms with Crippen LogP contribution in [0.5, 0.6) is 0 Å². The van der Waals surface area contributed by atoms with Crippen LogP contribution in [-0.2, 0) is 23.9 Å². The maximum absolute atomic E-state index is 14.2. The molecule has 4 N–H and O–H groups in total. The van der Waals surface area contributed by atoms with Crippen LogP contribution < -0.4 is 5.32 Å². The molecule has 1 aliphatic carbocycles. The van der Waals surface area contributed by atoms with Gasteiger partial charge in [0.25, 0.3) is 5.91 Å². The first-order valence-electron chi connectivity index (χ1n) is 14.0. The molecule has 3 aliphatic heterocycles. The van der Waals surface area contributed by atoms with Crippen molar-refractivity contribution in [3.8, 4) is 0 Å². The summed E-state index contributed by atoms with van der Waals surface area (Å²) in [4.78, 5) is 62.8. The summed E-state index contributed by atoms with van der Waals surface area (Å²) >= 11 is 1.14. The summed E-state index contributed by atoms with van der Waals surface area (Å²) in [6.07, 6.45) is 5.00. The fraction of sp³-hybridized carbons (Fsp3) is 0.593. The van der Waals surface area contributed by atoms with E-state index in [9.17, 15) is 37.3 Å². The molecule has 0 radical (unpaired) electrons. The Morgan fingerprint density at radius 1 is 1.19 bits per heavy atom. The van der Waals surface area contributed by atoms with Crippen LogP contribution in [0, 0.1) is 22.5 Å². The SMILES string of the molecule is CS(=N)(=O)CC1CN(C(=O)[C@@H]2CC[C@@H]3C[C@H]4C[C@H]4C[C@H](NC(=O)c4cc5cc(C(F)P(=O)(O)O)ccc5s4)C(=O)N32)C1. The van der Waals surface area contributed by atoms with Crippen molar-refractivity contribution < 1.29 is 37.3 Å². The van der Waals surface area contributed by atoms with E-state index >= 15 is 0 Å². The largest absolute Gasteiger partial charge is 0.363 e. The standard InChI is InChI=1S/C27H34FN4O7PS2/c1-42(29,39)13-14-11-31(12-14)27(35)21-4-3-19-8-16-7-17(16)9-20(26(34)32(19)21)30-25(33)23-10-18-6-15(2-5-22(18)41-23)24(28)40(36,37)38/h2,5-6,10,14,16-17,19-21,24,29H,3-4,7-9,11-13H2,1H3,(H,30,33)(H2,36,37,38)/t16-,17+,19-,20+,21+,24?,42?/m1/s1. The highest BCUT2D eigenvalue weighted by molar-refractivity contribution is 7.91. The van der Waals surface area contributed by atoms with Crippen LogP contribution >= 0.6 is 18.9 Å². The molecule has 2 unspecified atom stereocenters. The zero-order valence-corrected chi connectivity index (χ0v) is 25.5. The minimum Gasteiger partial charge on any atom is -0.340 e. The molecule has 4 heterocycles. The first kappa shape index (κ1) is 29.7. The molecule has 0 spiro atoms. The first-order valence-corrected chi connectivity index (χ1v) is 18.7. The summed E-state index contributed by atoms with van der Waals surface area (Å²) in [6.45, 7) is 0.864. The molecule has 2 aromatic rings. The Kier molecular flexibility index (Phi) is 7.53. The van der Waals surface area contributed by atoms with Crippen molar-refractivity contribution in [2.24, 2.45) is 17.8 Å². The van der Waals surface area contributed by atoms with Gasteiger partial charge >= 0.3 is 7.60 Å². The Hall–Kier alpha value is -2.38. The van der Waals surface area contributed by atoms with E-state index in [0.717, 1.165) is 30.6 Å². The Labute approximate surface area is 247 Å². The van der Waals surface area contributed by atoms with E-state index in [1.165, 1.54) is 30.5 Å². The second-order valence-corrected chi connectivity index (χ2v) is 17.4. The minimum atomic E-state index is -4.98. The summed E-state index contributed by atoms with van der Waals surface area (Å²) in [5.41, 5.74) is -0.178. The molecular formula is C27H34FN4O7PS2. The third-order valence-electron chi connectivity index (χ3n) is 8.98. The molecule has 7 atom stereocenters. The van der Waals surface area contributed by atoms with E-state index in [0.29, 0.717) is 47.9 Å². The smallest absolute Gasteiger partial charge is 0.340 e. The fourth-order valence-electron chi connectivity index (χ4n) is 6.89. The summed E-state index contributed by atoms with van der Waals surface area (Å²) in [5.74, 6) is -2.27. The van der Waals surface area contributed by atoms with Gasteiger partial charge in [-0.15, -0.1) is 11.3 Å². The van der Waals surface area contributed by atoms with Crippen LogP contribution in [0.1, 0.15) is 53.3 Å². The molecule has 3 amide bonds. The van der Waals surface area contributed by atoms with Crippen molar-refractivity contribution in [2.45, 2.75) is 56.1 Å². The molecule has 3 saturated heterocycles. The summed E-state index contributed by atoms with van der Waals surface area (Å²) in [6, 6.07) is 4.17. The van der Waals surface area contributed by atoms with Crippen molar-refractivity contribution in [1.29, 1.82) is 4.78 Å². The van der Waals surface area contributed by atoms with Crippen LogP contribution in [0.15, 0.2) is 24.3 Å². The van der Waals surface area contributed by atoms with Gasteiger partial charge in [-0.1, -0.05) is 6.07 Å². The lowest BCUT2D eigenvalue weighted by Crippen LogP contribution is -2.60. The number of carbonyl (C=O) groups is 3. The number of halogens is 1. The van der Waals surface area contributed by atoms with Gasteiger partial charge in [-0.25, -0.2) is 4.39 Å². The third kappa shape index (κ3) is 5.88. The van der Waals surface area contributed by atoms with Crippen LogP contribution in [0.3, 0.4) is 0 Å². The van der Waals surface area contributed by atoms with Crippen LogP contribution in [0.4, 0.5) is 4.39 Å². The Morgan fingerprint density at radius 3 is 2.60 bits per heavy atom. The molecule has 11 nitrogen and oxygen atoms in total. The van der Waals surface area contributed by atoms with Crippen LogP contribution in [0.25, 0.3) is 10.1 Å². The van der Waals surface area contributed by atoms with Crippen molar-refractivity contribution in [2.75, 3.05) is 25.1 Å². The number of hydrogen-bond donors (Lipinski definition) is 4. The molecule has 1 aromatic carbocycles. The van der Waals surface area contributed by atoms with Gasteiger partial charge in [-0.05, 0) is 73.1 Å². The van der Waals surface area contributed by atoms with E-state index in [4.69, 9.17) is 4.78 Å². The first-order chi connectivity index (χ1) is 19.7. The van der Waals surface area contributed by atoms with E-state index in [-0.39, 0.29) is 40.0 Å². The van der Waals surface area contributed by atoms with Gasteiger partial charge in [0.15, 0.2) is 0 Å². The number of hydrogen-bond acceptors (Lipinski definition) is 7. The number of thiophene rings is 1. The monoisotopic (exact) mass is 640 g/mol. The molecule has 1 saturated carbocycles. The summed E-state index contributed by atoms with van der Waals surface area (Å²) in [5, 5.41) is 3.36. The van der Waals surface area contributed by atoms with Crippen molar-refractivity contribution in [3.63, 3.8) is 0 Å². The maximum Gasteiger partial charge on any atom is 0.363 e. The van der Waals surface area contributed by atoms with Gasteiger partial charge in [0.2, 0.25) is 17.7 Å². The number of likely N-dealkylation sites (tertiary alicyclic amines) is 1. The average molecular weight is 641 g/mol. The van der Waals surface area contributed by atoms with Gasteiger partial charge < -0.3 is 24.9 Å². The van der Waals surface area contributed by atoms with E-state index in [1.807, 2.05) is 0 Å². The van der Waals surface area contributed by atoms with Crippen molar-refractivity contribution >= 4 is 56.5 Å². The molecule has 228 valence electrons. The number of amides is 3. The van der Waals surface area contributed by atoms with E-state index < -0.39 is 41.2 Å². The predicted octanol–water partition coefficient (Wildman–Crippen LogP) is 3.07. The van der Waals surface area contributed by atoms with Gasteiger partial charge in [0.05, 0.1) is 4.88 Å². The second kappa shape index (κ2) is 10.7. The Morgan fingerprint density at radius 2 is 1.90 bits per heavy atom. The molecule has 1 aromatic heterocycles. The lowest BCUT2D eigenvalue weighted by Gasteiger charge is -2.43. The topological polar surface area (TPSA) is 168 Å². The number of benzene rings is 1. The zero-order chi connectivity index (χ0) is 30.1. The molecule has 4 aliphatic rings. The molecule has 15 heteroatoms. The summed E-state index contributed by atoms with van der Waals surface area (Å²) in [7, 11) is -7.62. The predicted molar refractivity (Wildman–Crippen MR) is 155 cm³/mol. The highest BCUT2D eigenvalue weighted by Crippen LogP contribution is 2.53. The molecule has 4 fully saturated rings. The normalized spacial score (nSPS) is 30.0. The maximum atomic E-state index is 14.2. The number of alkyl halides is 1. The van der Waals surface area contributed by atoms with Crippen LogP contribution in [-0.4, -0.2) is 84.7 Å². The number of nitrogens with one attached hydrogen (secondary N) is 2. The van der Waals surface area contributed by atoms with Crippen molar-refractivity contribution in [1.82, 2.24) is 15.1 Å². The van der Waals surface area contributed by atoms with Gasteiger partial charge in [-0.3, -0.25) is 27.9 Å². The molecule has 42 heavy (non-hydrogen) atoms. The molecule has 6 rings (SSSR count). The molecule has 0 bridgehead atoms. The lowest BCUT2D eigenvalue weighted by atomic mass is 9.98. The highest BCUT2D eigenvalue weighted by Gasteiger charge is 2.52. The Balaban J connectivity index is 1.18. The Bertz CT molecular complexity index is 1600. The second-order valence-electron chi connectivity index (χ2n) is 12.4. The van der Waals surface area contributed by atoms with Gasteiger partial charge in [-0.2, -0.15) is 0 Å². The number of nitrogens with zero attached hydrogens (tertiary/aromatic N) is 2. The quantitative estimate of drug-likeness (QED) is 0.337. The van der Waals surface area contributed by atoms with E-state index in [2.05, 4.69) is 5.32 Å². The van der Waals surface area contributed by atoms with Crippen molar-refractivity contribution in [3.05, 3.63) is 34.7 Å². The van der Waals surface area contributed by atoms with Gasteiger partial charge in [0, 0.05) is 51.5 Å². The number of fused-ring (bicyclic) bond motifs is 3. The fourth-order valence-corrected chi connectivity index (χ4v) is 9.50. The summed E-state index contributed by atoms with van der Waals surface area (Å²) < 4.78 is 45.7. The van der Waals surface area contributed by atoms with Gasteiger partial charge in [0.1, 0.15) is 12.1 Å². The minimum absolute atomic E-state index is 0.0217. The van der Waals surface area contributed by atoms with E-state index in [1.54, 1.807) is 9.80 Å². The lowest BCUT2D eigenvalue weighted by molar-refractivity contribution is -0.150. The highest BCUT2D eigenvalue weighted by atomic mass is 32.2. The number of carbonyl (C=O) groups excluding carboxylic acids is 3. The third-order valence-corrected chi connectivity index (χ3v) is 12.1. The molecular weight excluding hydrogens is 606 g/mol. The van der Waals surface area contributed by atoms with Crippen LogP contribution in [0.2, 0.25) is 0 Å².